The summed E-state index contributed by atoms with van der Waals surface area (Å²) in [6, 6.07) is 11.9. The molecule has 0 aromatic heterocycles. The molecule has 0 aliphatic carbocycles. The fourth-order valence-corrected chi connectivity index (χ4v) is 2.36. The van der Waals surface area contributed by atoms with Gasteiger partial charge < -0.3 is 11.1 Å². The minimum absolute atomic E-state index is 0.0173. The highest BCUT2D eigenvalue weighted by Crippen LogP contribution is 2.19. The number of benzene rings is 2. The van der Waals surface area contributed by atoms with Gasteiger partial charge in [0.05, 0.1) is 0 Å². The lowest BCUT2D eigenvalue weighted by Crippen LogP contribution is -2.13. The number of nitrogens with two attached hydrogens (primary N) is 1. The summed E-state index contributed by atoms with van der Waals surface area (Å²) in [5, 5.41) is 2.93. The Kier molecular flexibility index (Phi) is 4.63. The lowest BCUT2D eigenvalue weighted by atomic mass is 10.0. The van der Waals surface area contributed by atoms with Crippen molar-refractivity contribution in [2.24, 2.45) is 0 Å². The summed E-state index contributed by atoms with van der Waals surface area (Å²) < 4.78 is 0. The maximum absolute atomic E-state index is 12.1. The van der Waals surface area contributed by atoms with Crippen molar-refractivity contribution < 1.29 is 4.79 Å². The number of hydrogen-bond acceptors (Lipinski definition) is 2. The summed E-state index contributed by atoms with van der Waals surface area (Å²) in [5.41, 5.74) is 11.9. The molecule has 0 fully saturated rings. The van der Waals surface area contributed by atoms with E-state index in [4.69, 9.17) is 5.73 Å². The average Bonchev–Trinajstić information content (AvgIpc) is 2.42. The van der Waals surface area contributed by atoms with E-state index in [0.29, 0.717) is 12.1 Å². The number of nitrogens with one attached hydrogen (secondary N) is 1. The van der Waals surface area contributed by atoms with E-state index in [2.05, 4.69) is 37.4 Å². The van der Waals surface area contributed by atoms with Crippen LogP contribution in [0.5, 0.6) is 0 Å². The summed E-state index contributed by atoms with van der Waals surface area (Å²) >= 11 is 0. The number of hydrogen-bond donors (Lipinski definition) is 2. The summed E-state index contributed by atoms with van der Waals surface area (Å²) in [7, 11) is 0. The first-order chi connectivity index (χ1) is 9.95. The second kappa shape index (κ2) is 6.44. The predicted octanol–water partition coefficient (Wildman–Crippen LogP) is 3.77. The second-order valence-corrected chi connectivity index (χ2v) is 5.55. The van der Waals surface area contributed by atoms with Crippen LogP contribution >= 0.6 is 0 Å². The van der Waals surface area contributed by atoms with Crippen molar-refractivity contribution in [3.05, 3.63) is 58.7 Å². The molecule has 3 nitrogen and oxygen atoms in total. The van der Waals surface area contributed by atoms with E-state index in [1.54, 1.807) is 6.07 Å². The Labute approximate surface area is 126 Å². The molecule has 0 unspecified atom stereocenters. The fraction of sp³-hybridized carbons (Fsp3) is 0.278. The molecule has 0 bridgehead atoms. The molecule has 21 heavy (non-hydrogen) atoms. The van der Waals surface area contributed by atoms with Gasteiger partial charge in [-0.15, -0.1) is 0 Å². The summed E-state index contributed by atoms with van der Waals surface area (Å²) in [6.07, 6.45) is 1.22. The lowest BCUT2D eigenvalue weighted by Gasteiger charge is -2.10. The van der Waals surface area contributed by atoms with Gasteiger partial charge in [-0.2, -0.15) is 0 Å². The fourth-order valence-electron chi connectivity index (χ4n) is 2.36. The highest BCUT2D eigenvalue weighted by molar-refractivity contribution is 5.92. The Morgan fingerprint density at radius 3 is 2.52 bits per heavy atom. The number of aryl methyl sites for hydroxylation is 4. The Hall–Kier alpha value is -2.29. The zero-order valence-electron chi connectivity index (χ0n) is 12.9. The average molecular weight is 282 g/mol. The van der Waals surface area contributed by atoms with E-state index >= 15 is 0 Å². The first kappa shape index (κ1) is 15.1. The van der Waals surface area contributed by atoms with Gasteiger partial charge in [0.1, 0.15) is 0 Å². The molecule has 3 heteroatoms. The third-order valence-electron chi connectivity index (χ3n) is 3.66. The van der Waals surface area contributed by atoms with E-state index < -0.39 is 0 Å². The molecule has 3 N–H and O–H groups in total. The van der Waals surface area contributed by atoms with Crippen LogP contribution < -0.4 is 11.1 Å². The minimum Gasteiger partial charge on any atom is -0.399 e. The molecular weight excluding hydrogens is 260 g/mol. The number of carbonyl (C=O) groups is 1. The number of amides is 1. The van der Waals surface area contributed by atoms with Gasteiger partial charge in [-0.1, -0.05) is 29.8 Å². The van der Waals surface area contributed by atoms with Crippen molar-refractivity contribution in [2.45, 2.75) is 33.6 Å². The molecule has 0 aliphatic heterocycles. The first-order valence-electron chi connectivity index (χ1n) is 7.18. The topological polar surface area (TPSA) is 55.1 Å². The van der Waals surface area contributed by atoms with Crippen molar-refractivity contribution >= 4 is 17.3 Å². The number of carbonyl (C=O) groups excluding carboxylic acids is 1. The van der Waals surface area contributed by atoms with E-state index in [-0.39, 0.29) is 5.91 Å². The van der Waals surface area contributed by atoms with Crippen molar-refractivity contribution in [2.75, 3.05) is 11.1 Å². The minimum atomic E-state index is 0.0173. The summed E-state index contributed by atoms with van der Waals surface area (Å²) in [5.74, 6) is 0.0173. The van der Waals surface area contributed by atoms with Gasteiger partial charge in [0, 0.05) is 17.8 Å². The Balaban J connectivity index is 1.97. The zero-order chi connectivity index (χ0) is 15.4. The van der Waals surface area contributed by atoms with Crippen LogP contribution in [-0.2, 0) is 11.2 Å². The molecule has 0 atom stereocenters. The molecule has 0 saturated carbocycles. The number of nitrogen functional groups attached to an aromatic ring is 1. The van der Waals surface area contributed by atoms with Crippen LogP contribution in [0.4, 0.5) is 11.4 Å². The van der Waals surface area contributed by atoms with Crippen LogP contribution in [0.3, 0.4) is 0 Å². The Bertz CT molecular complexity index is 662. The molecule has 2 aromatic rings. The van der Waals surface area contributed by atoms with E-state index in [1.165, 1.54) is 16.7 Å². The molecule has 0 radical (unpaired) electrons. The van der Waals surface area contributed by atoms with Gasteiger partial charge in [-0.3, -0.25) is 4.79 Å². The van der Waals surface area contributed by atoms with Crippen LogP contribution in [0.25, 0.3) is 0 Å². The maximum atomic E-state index is 12.1. The molecule has 2 rings (SSSR count). The summed E-state index contributed by atoms with van der Waals surface area (Å²) in [6.45, 7) is 6.12. The SMILES string of the molecule is Cc1ccc(CCC(=O)Nc2cc(N)ccc2C)c(C)c1. The third kappa shape index (κ3) is 4.09. The van der Waals surface area contributed by atoms with Crippen LogP contribution in [-0.4, -0.2) is 5.91 Å². The van der Waals surface area contributed by atoms with E-state index in [0.717, 1.165) is 17.7 Å². The van der Waals surface area contributed by atoms with Crippen molar-refractivity contribution in [1.82, 2.24) is 0 Å². The Morgan fingerprint density at radius 1 is 1.05 bits per heavy atom. The highest BCUT2D eigenvalue weighted by Gasteiger charge is 2.07. The summed E-state index contributed by atoms with van der Waals surface area (Å²) in [4.78, 5) is 12.1. The molecule has 0 heterocycles. The standard InChI is InChI=1S/C18H22N2O/c1-12-4-6-15(14(3)10-12)7-9-18(21)20-17-11-16(19)8-5-13(17)2/h4-6,8,10-11H,7,9,19H2,1-3H3,(H,20,21). The van der Waals surface area contributed by atoms with Gasteiger partial charge in [-0.25, -0.2) is 0 Å². The van der Waals surface area contributed by atoms with Crippen LogP contribution in [0.2, 0.25) is 0 Å². The van der Waals surface area contributed by atoms with Crippen LogP contribution in [0, 0.1) is 20.8 Å². The maximum Gasteiger partial charge on any atom is 0.224 e. The zero-order valence-corrected chi connectivity index (χ0v) is 12.9. The van der Waals surface area contributed by atoms with E-state index in [1.807, 2.05) is 19.1 Å². The quantitative estimate of drug-likeness (QED) is 0.839. The van der Waals surface area contributed by atoms with Gasteiger partial charge in [0.25, 0.3) is 0 Å². The first-order valence-corrected chi connectivity index (χ1v) is 7.18. The molecule has 0 saturated heterocycles. The van der Waals surface area contributed by atoms with Crippen molar-refractivity contribution in [1.29, 1.82) is 0 Å². The molecule has 1 amide bonds. The largest absolute Gasteiger partial charge is 0.399 e. The number of rotatable bonds is 4. The van der Waals surface area contributed by atoms with Crippen molar-refractivity contribution in [3.63, 3.8) is 0 Å². The van der Waals surface area contributed by atoms with Gasteiger partial charge in [0.2, 0.25) is 5.91 Å². The molecule has 2 aromatic carbocycles. The van der Waals surface area contributed by atoms with Crippen molar-refractivity contribution in [3.8, 4) is 0 Å². The second-order valence-electron chi connectivity index (χ2n) is 5.55. The van der Waals surface area contributed by atoms with Crippen LogP contribution in [0.15, 0.2) is 36.4 Å². The Morgan fingerprint density at radius 2 is 1.81 bits per heavy atom. The smallest absolute Gasteiger partial charge is 0.224 e. The van der Waals surface area contributed by atoms with Gasteiger partial charge in [0.15, 0.2) is 0 Å². The normalized spacial score (nSPS) is 10.4. The molecule has 0 aliphatic rings. The molecule has 0 spiro atoms. The predicted molar refractivity (Wildman–Crippen MR) is 88.5 cm³/mol. The van der Waals surface area contributed by atoms with Gasteiger partial charge >= 0.3 is 0 Å². The van der Waals surface area contributed by atoms with Crippen LogP contribution in [0.1, 0.15) is 28.7 Å². The number of anilines is 2. The molecular formula is C18H22N2O. The third-order valence-corrected chi connectivity index (χ3v) is 3.66. The highest BCUT2D eigenvalue weighted by atomic mass is 16.1. The van der Waals surface area contributed by atoms with E-state index in [9.17, 15) is 4.79 Å². The monoisotopic (exact) mass is 282 g/mol. The van der Waals surface area contributed by atoms with Gasteiger partial charge in [-0.05, 0) is 56.0 Å². The lowest BCUT2D eigenvalue weighted by molar-refractivity contribution is -0.116. The molecule has 110 valence electrons.